The molecule has 1 heterocycles. The zero-order chi connectivity index (χ0) is 23.4. The van der Waals surface area contributed by atoms with Gasteiger partial charge in [0, 0.05) is 16.9 Å². The summed E-state index contributed by atoms with van der Waals surface area (Å²) in [7, 11) is 1.43. The number of hydrazone groups is 1. The molecule has 0 radical (unpaired) electrons. The number of aromatic hydroxyl groups is 1. The highest BCUT2D eigenvalue weighted by atomic mass is 35.5. The van der Waals surface area contributed by atoms with Crippen LogP contribution in [0.5, 0.6) is 11.5 Å². The maximum Gasteiger partial charge on any atom is 0.271 e. The lowest BCUT2D eigenvalue weighted by atomic mass is 10.1. The van der Waals surface area contributed by atoms with Gasteiger partial charge in [-0.1, -0.05) is 41.9 Å². The molecular formula is C26H22ClN3O3. The Hall–Kier alpha value is -4.03. The molecule has 4 aromatic rings. The summed E-state index contributed by atoms with van der Waals surface area (Å²) in [6, 6.07) is 24.7. The molecule has 33 heavy (non-hydrogen) atoms. The first-order valence-electron chi connectivity index (χ1n) is 10.2. The number of nitrogens with zero attached hydrogens (tertiary/aromatic N) is 2. The first-order chi connectivity index (χ1) is 16.0. The molecule has 0 fully saturated rings. The molecule has 1 aromatic heterocycles. The lowest BCUT2D eigenvalue weighted by Gasteiger charge is -2.12. The highest BCUT2D eigenvalue weighted by molar-refractivity contribution is 6.32. The van der Waals surface area contributed by atoms with E-state index in [-0.39, 0.29) is 22.4 Å². The van der Waals surface area contributed by atoms with Crippen molar-refractivity contribution in [2.45, 2.75) is 6.92 Å². The minimum Gasteiger partial charge on any atom is -0.503 e. The fraction of sp³-hybridized carbons (Fsp3) is 0.0769. The summed E-state index contributed by atoms with van der Waals surface area (Å²) in [5, 5.41) is 13.9. The van der Waals surface area contributed by atoms with Gasteiger partial charge in [0.25, 0.3) is 5.91 Å². The molecule has 0 bridgehead atoms. The summed E-state index contributed by atoms with van der Waals surface area (Å²) >= 11 is 5.97. The summed E-state index contributed by atoms with van der Waals surface area (Å²) in [6.45, 7) is 2.05. The molecule has 166 valence electrons. The molecule has 0 spiro atoms. The second kappa shape index (κ2) is 9.63. The first kappa shape index (κ1) is 22.2. The number of nitrogens with one attached hydrogen (secondary N) is 1. The number of aryl methyl sites for hydroxylation is 1. The summed E-state index contributed by atoms with van der Waals surface area (Å²) in [6.07, 6.45) is 1.43. The molecule has 7 heteroatoms. The van der Waals surface area contributed by atoms with Crippen molar-refractivity contribution in [2.75, 3.05) is 7.11 Å². The van der Waals surface area contributed by atoms with E-state index in [1.54, 1.807) is 18.2 Å². The van der Waals surface area contributed by atoms with Gasteiger partial charge in [-0.05, 0) is 66.6 Å². The quantitative estimate of drug-likeness (QED) is 0.292. The largest absolute Gasteiger partial charge is 0.503 e. The molecular weight excluding hydrogens is 438 g/mol. The van der Waals surface area contributed by atoms with Crippen molar-refractivity contribution >= 4 is 23.7 Å². The number of ether oxygens (including phenoxy) is 1. The average Bonchev–Trinajstić information content (AvgIpc) is 3.23. The minimum absolute atomic E-state index is 0.132. The van der Waals surface area contributed by atoms with E-state index in [9.17, 15) is 9.90 Å². The third-order valence-corrected chi connectivity index (χ3v) is 5.47. The third-order valence-electron chi connectivity index (χ3n) is 5.18. The van der Waals surface area contributed by atoms with Gasteiger partial charge in [0.1, 0.15) is 0 Å². The third kappa shape index (κ3) is 4.76. The fourth-order valence-electron chi connectivity index (χ4n) is 3.53. The van der Waals surface area contributed by atoms with Gasteiger partial charge in [0.15, 0.2) is 11.5 Å². The molecule has 0 aliphatic rings. The number of phenolic OH excluding ortho intramolecular Hbond substituents is 1. The van der Waals surface area contributed by atoms with Crippen LogP contribution in [0.1, 0.15) is 21.6 Å². The monoisotopic (exact) mass is 459 g/mol. The van der Waals surface area contributed by atoms with Crippen molar-refractivity contribution in [2.24, 2.45) is 5.10 Å². The second-order valence-corrected chi connectivity index (χ2v) is 7.77. The van der Waals surface area contributed by atoms with Crippen molar-refractivity contribution in [3.63, 3.8) is 0 Å². The number of carbonyl (C=O) groups is 1. The van der Waals surface area contributed by atoms with Gasteiger partial charge in [-0.3, -0.25) is 4.79 Å². The van der Waals surface area contributed by atoms with Gasteiger partial charge in [-0.25, -0.2) is 5.43 Å². The number of carbonyl (C=O) groups excluding carboxylic acids is 1. The van der Waals surface area contributed by atoms with Crippen LogP contribution < -0.4 is 10.2 Å². The van der Waals surface area contributed by atoms with Gasteiger partial charge in [-0.15, -0.1) is 0 Å². The van der Waals surface area contributed by atoms with Gasteiger partial charge < -0.3 is 14.4 Å². The maximum absolute atomic E-state index is 12.5. The topological polar surface area (TPSA) is 75.8 Å². The van der Waals surface area contributed by atoms with E-state index < -0.39 is 0 Å². The van der Waals surface area contributed by atoms with E-state index in [4.69, 9.17) is 16.3 Å². The number of methoxy groups -OCH3 is 1. The van der Waals surface area contributed by atoms with Crippen LogP contribution in [0, 0.1) is 6.92 Å². The van der Waals surface area contributed by atoms with E-state index in [2.05, 4.69) is 39.4 Å². The number of rotatable bonds is 6. The van der Waals surface area contributed by atoms with Crippen molar-refractivity contribution in [1.82, 2.24) is 9.99 Å². The lowest BCUT2D eigenvalue weighted by Crippen LogP contribution is -2.17. The average molecular weight is 460 g/mol. The summed E-state index contributed by atoms with van der Waals surface area (Å²) in [5.74, 6) is -0.267. The molecule has 4 rings (SSSR count). The predicted molar refractivity (Wildman–Crippen MR) is 131 cm³/mol. The van der Waals surface area contributed by atoms with Crippen LogP contribution in [0.25, 0.3) is 16.9 Å². The van der Waals surface area contributed by atoms with Crippen molar-refractivity contribution in [3.05, 3.63) is 101 Å². The number of halogens is 1. The number of amides is 1. The summed E-state index contributed by atoms with van der Waals surface area (Å²) < 4.78 is 7.21. The van der Waals surface area contributed by atoms with Crippen LogP contribution in [0.2, 0.25) is 5.02 Å². The van der Waals surface area contributed by atoms with E-state index in [0.29, 0.717) is 11.1 Å². The van der Waals surface area contributed by atoms with Crippen LogP contribution in [-0.4, -0.2) is 28.9 Å². The van der Waals surface area contributed by atoms with E-state index >= 15 is 0 Å². The molecule has 2 N–H and O–H groups in total. The Labute approximate surface area is 196 Å². The highest BCUT2D eigenvalue weighted by Gasteiger charge is 2.11. The van der Waals surface area contributed by atoms with Crippen LogP contribution in [0.4, 0.5) is 0 Å². The number of aromatic nitrogens is 1. The Morgan fingerprint density at radius 1 is 1.06 bits per heavy atom. The number of hydrogen-bond acceptors (Lipinski definition) is 4. The first-order valence-corrected chi connectivity index (χ1v) is 10.6. The maximum atomic E-state index is 12.5. The smallest absolute Gasteiger partial charge is 0.271 e. The summed E-state index contributed by atoms with van der Waals surface area (Å²) in [5.41, 5.74) is 7.80. The molecule has 0 aliphatic carbocycles. The van der Waals surface area contributed by atoms with Crippen molar-refractivity contribution < 1.29 is 14.6 Å². The Kier molecular flexibility index (Phi) is 6.47. The Balaban J connectivity index is 1.50. The molecule has 1 amide bonds. The van der Waals surface area contributed by atoms with E-state index in [0.717, 1.165) is 22.6 Å². The summed E-state index contributed by atoms with van der Waals surface area (Å²) in [4.78, 5) is 12.5. The standard InChI is InChI=1S/C26H22ClN3O3/c1-17-8-13-23(19-6-4-3-5-7-19)30(17)21-11-9-20(10-12-21)26(32)29-28-16-18-14-22(27)25(31)24(15-18)33-2/h3-16,31H,1-2H3,(H,29,32)/b28-16+. The van der Waals surface area contributed by atoms with Crippen LogP contribution >= 0.6 is 11.6 Å². The number of hydrogen-bond donors (Lipinski definition) is 2. The molecule has 3 aromatic carbocycles. The molecule has 0 atom stereocenters. The van der Waals surface area contributed by atoms with Gasteiger partial charge >= 0.3 is 0 Å². The van der Waals surface area contributed by atoms with Gasteiger partial charge in [-0.2, -0.15) is 5.10 Å². The molecule has 0 unspecified atom stereocenters. The van der Waals surface area contributed by atoms with Gasteiger partial charge in [0.2, 0.25) is 0 Å². The molecule has 0 aliphatic heterocycles. The van der Waals surface area contributed by atoms with Crippen LogP contribution in [0.3, 0.4) is 0 Å². The predicted octanol–water partition coefficient (Wildman–Crippen LogP) is 5.58. The van der Waals surface area contributed by atoms with Crippen molar-refractivity contribution in [3.8, 4) is 28.4 Å². The Bertz CT molecular complexity index is 1310. The van der Waals surface area contributed by atoms with Gasteiger partial charge in [0.05, 0.1) is 24.0 Å². The SMILES string of the molecule is COc1cc(/C=N/NC(=O)c2ccc(-n3c(C)ccc3-c3ccccc3)cc2)cc(Cl)c1O. The van der Waals surface area contributed by atoms with Crippen molar-refractivity contribution in [1.29, 1.82) is 0 Å². The van der Waals surface area contributed by atoms with Crippen LogP contribution in [0.15, 0.2) is 84.0 Å². The Morgan fingerprint density at radius 2 is 1.79 bits per heavy atom. The number of benzene rings is 3. The van der Waals surface area contributed by atoms with E-state index in [1.165, 1.54) is 19.4 Å². The fourth-order valence-corrected chi connectivity index (χ4v) is 3.75. The lowest BCUT2D eigenvalue weighted by molar-refractivity contribution is 0.0955. The zero-order valence-corrected chi connectivity index (χ0v) is 18.9. The second-order valence-electron chi connectivity index (χ2n) is 7.36. The molecule has 0 saturated carbocycles. The van der Waals surface area contributed by atoms with Crippen LogP contribution in [-0.2, 0) is 0 Å². The molecule has 0 saturated heterocycles. The zero-order valence-electron chi connectivity index (χ0n) is 18.1. The highest BCUT2D eigenvalue weighted by Crippen LogP contribution is 2.34. The Morgan fingerprint density at radius 3 is 2.48 bits per heavy atom. The number of phenols is 1. The van der Waals surface area contributed by atoms with E-state index in [1.807, 2.05) is 37.3 Å². The molecule has 6 nitrogen and oxygen atoms in total. The normalized spacial score (nSPS) is 11.0. The minimum atomic E-state index is -0.345.